The third-order valence-electron chi connectivity index (χ3n) is 20.4. The molecule has 18 aromatic rings. The lowest BCUT2D eigenvalue weighted by atomic mass is 9.89. The Morgan fingerprint density at radius 3 is 0.550 bits per heavy atom. The van der Waals surface area contributed by atoms with Crippen LogP contribution in [0, 0.1) is 34.6 Å². The van der Waals surface area contributed by atoms with Crippen LogP contribution in [0.4, 0.5) is 0 Å². The molecular formula is C149H200. The van der Waals surface area contributed by atoms with Crippen LogP contribution in [0.5, 0.6) is 0 Å². The smallest absolute Gasteiger partial charge is 0.00992 e. The van der Waals surface area contributed by atoms with Gasteiger partial charge in [0.25, 0.3) is 0 Å². The van der Waals surface area contributed by atoms with Crippen molar-refractivity contribution < 1.29 is 0 Å². The summed E-state index contributed by atoms with van der Waals surface area (Å²) in [6.07, 6.45) is 0. The number of hydrogen-bond acceptors (Lipinski definition) is 0. The SMILES string of the molecule is CC.CC.CC.CC.CC.CC.CC.CC.CC.CC.CC.CC.CC.CC.CC.CC.CC.CC.Cc1ccc(-c2cc(-c3ccccc3)cc(-c3ccccc3)c2)cc1.Cc1ccc(-c2ccccc2)c(-c2ccccc2)c1.Cc1ccc(-c2ccccc2)cc1-c1ccccc1.Cc1cccc(-c2ccccc2-c2cccc(-c3ccccc3)c2)c1.Cc1cccc(-c2ccccc2-c2ccccc2-c2ccccc2)c1. The Morgan fingerprint density at radius 2 is 0.255 bits per heavy atom. The zero-order valence-electron chi connectivity index (χ0n) is 101. The second-order valence-electron chi connectivity index (χ2n) is 28.6. The van der Waals surface area contributed by atoms with Crippen LogP contribution in [-0.2, 0) is 0 Å². The number of rotatable bonds is 13. The molecule has 0 nitrogen and oxygen atoms in total. The molecule has 0 amide bonds. The van der Waals surface area contributed by atoms with Gasteiger partial charge in [0, 0.05) is 0 Å². The normalized spacial score (nSPS) is 8.70. The molecule has 0 unspecified atom stereocenters. The van der Waals surface area contributed by atoms with Gasteiger partial charge in [0.1, 0.15) is 0 Å². The van der Waals surface area contributed by atoms with Crippen molar-refractivity contribution in [3.8, 4) is 145 Å². The van der Waals surface area contributed by atoms with Crippen LogP contribution in [-0.4, -0.2) is 0 Å². The predicted molar refractivity (Wildman–Crippen MR) is 691 cm³/mol. The van der Waals surface area contributed by atoms with Gasteiger partial charge in [-0.25, -0.2) is 0 Å². The maximum absolute atomic E-state index is 2.28. The summed E-state index contributed by atoms with van der Waals surface area (Å²) in [7, 11) is 0. The van der Waals surface area contributed by atoms with Crippen molar-refractivity contribution in [2.75, 3.05) is 0 Å². The minimum Gasteiger partial charge on any atom is -0.0683 e. The van der Waals surface area contributed by atoms with E-state index in [-0.39, 0.29) is 0 Å². The van der Waals surface area contributed by atoms with Crippen LogP contribution in [0.1, 0.15) is 277 Å². The van der Waals surface area contributed by atoms with Crippen LogP contribution in [0.2, 0.25) is 0 Å². The predicted octanol–water partition coefficient (Wildman–Crippen LogP) is 50.1. The van der Waals surface area contributed by atoms with Crippen molar-refractivity contribution in [2.24, 2.45) is 0 Å². The standard InChI is InChI=1S/3C25H20.2C19H16.18C2H6/c1-19-12-14-22(15-13-19)25-17-23(20-8-4-2-5-9-20)16-24(18-25)21-10-6-3-7-11-21;1-19-10-9-13-21(18-19)23-15-6-8-17-25(23)24-16-7-5-14-22(24)20-11-3-2-4-12-20;1-19-9-7-13-22(17-19)24-15-5-6-16-25(24)23-14-8-12-21(18-23)20-10-3-2-4-11-20;1-15-12-13-18(16-8-4-2-5-9-16)14-19(15)17-10-6-3-7-11-17;1-15-12-13-18(16-8-4-2-5-9-16)19(14-15)17-10-6-3-7-11-17;18*1-2/h3*2-18H,1H3;2*2-14H,1H3;18*1-2H3. The molecule has 0 bridgehead atoms. The molecule has 0 N–H and O–H groups in total. The summed E-state index contributed by atoms with van der Waals surface area (Å²) >= 11 is 0. The fourth-order valence-electron chi connectivity index (χ4n) is 14.5. The quantitative estimate of drug-likeness (QED) is 0.108. The molecule has 0 atom stereocenters. The van der Waals surface area contributed by atoms with Crippen molar-refractivity contribution in [3.63, 3.8) is 0 Å². The molecule has 0 aliphatic heterocycles. The van der Waals surface area contributed by atoms with Crippen LogP contribution >= 0.6 is 0 Å². The first kappa shape index (κ1) is 143. The first-order valence-corrected chi connectivity index (χ1v) is 57.0. The summed E-state index contributed by atoms with van der Waals surface area (Å²) in [4.78, 5) is 0. The van der Waals surface area contributed by atoms with E-state index >= 15 is 0 Å². The minimum absolute atomic E-state index is 1.24. The molecule has 0 aliphatic carbocycles. The molecule has 0 fully saturated rings. The van der Waals surface area contributed by atoms with Gasteiger partial charge >= 0.3 is 0 Å². The average molecular weight is 1990 g/mol. The fraction of sp³-hybridized carbons (Fsp3) is 0.275. The number of hydrogen-bond donors (Lipinski definition) is 0. The van der Waals surface area contributed by atoms with E-state index in [0.29, 0.717) is 0 Å². The lowest BCUT2D eigenvalue weighted by Gasteiger charge is -2.15. The number of aryl methyl sites for hydroxylation is 5. The first-order valence-electron chi connectivity index (χ1n) is 57.0. The van der Waals surface area contributed by atoms with Crippen molar-refractivity contribution in [3.05, 3.63) is 495 Å². The lowest BCUT2D eigenvalue weighted by molar-refractivity contribution is 1.45. The highest BCUT2D eigenvalue weighted by molar-refractivity contribution is 5.93. The molecule has 0 aromatic heterocycles. The summed E-state index contributed by atoms with van der Waals surface area (Å²) in [5, 5.41) is 0. The fourth-order valence-corrected chi connectivity index (χ4v) is 14.5. The van der Waals surface area contributed by atoms with Gasteiger partial charge in [-0.15, -0.1) is 0 Å². The van der Waals surface area contributed by atoms with Crippen molar-refractivity contribution in [1.29, 1.82) is 0 Å². The molecule has 796 valence electrons. The van der Waals surface area contributed by atoms with E-state index in [0.717, 1.165) is 0 Å². The summed E-state index contributed by atoms with van der Waals surface area (Å²) in [5.41, 5.74) is 39.3. The van der Waals surface area contributed by atoms with Crippen molar-refractivity contribution >= 4 is 0 Å². The van der Waals surface area contributed by atoms with Gasteiger partial charge in [-0.2, -0.15) is 0 Å². The van der Waals surface area contributed by atoms with E-state index in [2.05, 4.69) is 502 Å². The largest absolute Gasteiger partial charge is 0.0683 e. The third-order valence-corrected chi connectivity index (χ3v) is 20.4. The van der Waals surface area contributed by atoms with E-state index in [9.17, 15) is 0 Å². The van der Waals surface area contributed by atoms with Crippen LogP contribution in [0.15, 0.2) is 467 Å². The zero-order valence-corrected chi connectivity index (χ0v) is 101. The minimum atomic E-state index is 1.24. The van der Waals surface area contributed by atoms with Crippen LogP contribution in [0.3, 0.4) is 0 Å². The van der Waals surface area contributed by atoms with Gasteiger partial charge in [0.05, 0.1) is 0 Å². The molecular weight excluding hydrogens is 1790 g/mol. The summed E-state index contributed by atoms with van der Waals surface area (Å²) in [6.45, 7) is 82.7. The molecule has 0 saturated carbocycles. The van der Waals surface area contributed by atoms with E-state index < -0.39 is 0 Å². The molecule has 0 radical (unpaired) electrons. The molecule has 0 spiro atoms. The van der Waals surface area contributed by atoms with E-state index in [1.807, 2.05) is 249 Å². The second kappa shape index (κ2) is 97.4. The molecule has 149 heavy (non-hydrogen) atoms. The van der Waals surface area contributed by atoms with Gasteiger partial charge in [0.15, 0.2) is 0 Å². The van der Waals surface area contributed by atoms with E-state index in [4.69, 9.17) is 0 Å². The van der Waals surface area contributed by atoms with Gasteiger partial charge in [-0.1, -0.05) is 708 Å². The Balaban J connectivity index is -0.000000539. The maximum Gasteiger partial charge on any atom is -0.00992 e. The molecule has 0 saturated heterocycles. The zero-order chi connectivity index (χ0) is 113. The summed E-state index contributed by atoms with van der Waals surface area (Å²) in [6, 6.07) is 166. The van der Waals surface area contributed by atoms with Crippen molar-refractivity contribution in [1.82, 2.24) is 0 Å². The highest BCUT2D eigenvalue weighted by Gasteiger charge is 2.15. The lowest BCUT2D eigenvalue weighted by Crippen LogP contribution is -1.89. The van der Waals surface area contributed by atoms with E-state index in [1.54, 1.807) is 0 Å². The molecule has 0 heteroatoms. The highest BCUT2D eigenvalue weighted by atomic mass is 14.2. The van der Waals surface area contributed by atoms with Gasteiger partial charge in [0.2, 0.25) is 0 Å². The van der Waals surface area contributed by atoms with Gasteiger partial charge in [-0.3, -0.25) is 0 Å². The second-order valence-corrected chi connectivity index (χ2v) is 28.6. The maximum atomic E-state index is 2.28. The van der Waals surface area contributed by atoms with Gasteiger partial charge < -0.3 is 0 Å². The van der Waals surface area contributed by atoms with Crippen LogP contribution in [0.25, 0.3) is 145 Å². The molecule has 0 heterocycles. The van der Waals surface area contributed by atoms with Crippen molar-refractivity contribution in [2.45, 2.75) is 284 Å². The first-order chi connectivity index (χ1) is 73.6. The monoisotopic (exact) mass is 1990 g/mol. The van der Waals surface area contributed by atoms with Crippen LogP contribution < -0.4 is 0 Å². The third kappa shape index (κ3) is 51.4. The molecule has 0 aliphatic rings. The average Bonchev–Trinajstić information content (AvgIpc) is 0.782. The highest BCUT2D eigenvalue weighted by Crippen LogP contribution is 2.41. The number of benzene rings is 18. The Labute approximate surface area is 916 Å². The summed E-state index contributed by atoms with van der Waals surface area (Å²) < 4.78 is 0. The Bertz CT molecular complexity index is 5970. The van der Waals surface area contributed by atoms with Gasteiger partial charge in [-0.05, 0) is 215 Å². The Kier molecular flexibility index (Phi) is 93.7. The topological polar surface area (TPSA) is 0 Å². The van der Waals surface area contributed by atoms with E-state index in [1.165, 1.54) is 172 Å². The molecule has 18 rings (SSSR count). The Hall–Kier alpha value is -14.0. The Morgan fingerprint density at radius 1 is 0.0805 bits per heavy atom. The summed E-state index contributed by atoms with van der Waals surface area (Å²) in [5.74, 6) is 0. The molecule has 18 aromatic carbocycles.